The molecule has 4 rings (SSSR count). The zero-order chi connectivity index (χ0) is 20.8. The molecule has 2 saturated heterocycles. The molecule has 1 atom stereocenters. The van der Waals surface area contributed by atoms with Crippen molar-refractivity contribution in [1.29, 1.82) is 0 Å². The summed E-state index contributed by atoms with van der Waals surface area (Å²) in [6.45, 7) is 4.47. The van der Waals surface area contributed by atoms with Crippen LogP contribution in [0.5, 0.6) is 0 Å². The van der Waals surface area contributed by atoms with Gasteiger partial charge in [-0.05, 0) is 55.6 Å². The van der Waals surface area contributed by atoms with Crippen molar-refractivity contribution in [2.75, 3.05) is 31.5 Å². The largest absolute Gasteiger partial charge is 0.338 e. The fraction of sp³-hybridized carbons (Fsp3) is 0.417. The highest BCUT2D eigenvalue weighted by Gasteiger charge is 2.21. The molecule has 0 radical (unpaired) electrons. The molecule has 2 aliphatic heterocycles. The van der Waals surface area contributed by atoms with Gasteiger partial charge in [0.2, 0.25) is 5.91 Å². The first kappa shape index (κ1) is 20.4. The van der Waals surface area contributed by atoms with Crippen molar-refractivity contribution in [2.24, 2.45) is 0 Å². The Bertz CT molecular complexity index is 847. The molecule has 0 aromatic heterocycles. The third-order valence-corrected chi connectivity index (χ3v) is 5.90. The number of nitrogens with one attached hydrogen (secondary N) is 2. The molecule has 0 bridgehead atoms. The quantitative estimate of drug-likeness (QED) is 0.736. The number of hydrogen-bond acceptors (Lipinski definition) is 3. The van der Waals surface area contributed by atoms with Gasteiger partial charge in [0.15, 0.2) is 0 Å². The minimum atomic E-state index is -0.203. The van der Waals surface area contributed by atoms with E-state index in [4.69, 9.17) is 0 Å². The van der Waals surface area contributed by atoms with Crippen LogP contribution in [0.1, 0.15) is 42.9 Å². The van der Waals surface area contributed by atoms with Crippen molar-refractivity contribution in [2.45, 2.75) is 38.3 Å². The highest BCUT2D eigenvalue weighted by Crippen LogP contribution is 2.19. The summed E-state index contributed by atoms with van der Waals surface area (Å²) in [6, 6.07) is 17.6. The van der Waals surface area contributed by atoms with Gasteiger partial charge in [-0.15, -0.1) is 0 Å². The van der Waals surface area contributed by atoms with Crippen molar-refractivity contribution in [3.63, 3.8) is 0 Å². The van der Waals surface area contributed by atoms with Crippen LogP contribution in [-0.4, -0.2) is 47.9 Å². The summed E-state index contributed by atoms with van der Waals surface area (Å²) in [5, 5.41) is 6.09. The summed E-state index contributed by atoms with van der Waals surface area (Å²) in [7, 11) is 0. The van der Waals surface area contributed by atoms with E-state index in [1.165, 1.54) is 12.8 Å². The number of hydrogen-bond donors (Lipinski definition) is 2. The minimum absolute atomic E-state index is 0.0512. The van der Waals surface area contributed by atoms with Gasteiger partial charge in [0.1, 0.15) is 0 Å². The highest BCUT2D eigenvalue weighted by atomic mass is 16.2. The summed E-state index contributed by atoms with van der Waals surface area (Å²) in [5.74, 6) is 0.224. The van der Waals surface area contributed by atoms with Gasteiger partial charge in [-0.25, -0.2) is 4.79 Å². The van der Waals surface area contributed by atoms with E-state index in [9.17, 15) is 9.59 Å². The monoisotopic (exact) mass is 406 g/mol. The van der Waals surface area contributed by atoms with Crippen molar-refractivity contribution in [3.05, 3.63) is 65.7 Å². The molecule has 6 heteroatoms. The first-order chi connectivity index (χ1) is 14.7. The predicted octanol–water partition coefficient (Wildman–Crippen LogP) is 3.77. The van der Waals surface area contributed by atoms with Gasteiger partial charge in [-0.2, -0.15) is 0 Å². The van der Waals surface area contributed by atoms with Gasteiger partial charge < -0.3 is 20.4 Å². The van der Waals surface area contributed by atoms with Crippen molar-refractivity contribution in [1.82, 2.24) is 15.1 Å². The second-order valence-corrected chi connectivity index (χ2v) is 8.19. The third-order valence-electron chi connectivity index (χ3n) is 5.90. The number of anilines is 1. The maximum atomic E-state index is 12.7. The topological polar surface area (TPSA) is 64.7 Å². The average Bonchev–Trinajstić information content (AvgIpc) is 3.42. The lowest BCUT2D eigenvalue weighted by Crippen LogP contribution is -2.39. The normalized spacial score (nSPS) is 17.9. The van der Waals surface area contributed by atoms with E-state index in [1.807, 2.05) is 47.4 Å². The molecule has 158 valence electrons. The zero-order valence-electron chi connectivity index (χ0n) is 17.3. The van der Waals surface area contributed by atoms with Crippen LogP contribution in [0, 0.1) is 0 Å². The fourth-order valence-electron chi connectivity index (χ4n) is 4.25. The average molecular weight is 407 g/mol. The molecular formula is C24H30N4O2. The number of likely N-dealkylation sites (tertiary alicyclic amines) is 2. The summed E-state index contributed by atoms with van der Waals surface area (Å²) in [4.78, 5) is 28.8. The number of carbonyl (C=O) groups excluding carboxylic acids is 2. The van der Waals surface area contributed by atoms with E-state index >= 15 is 0 Å². The smallest absolute Gasteiger partial charge is 0.319 e. The van der Waals surface area contributed by atoms with Crippen molar-refractivity contribution >= 4 is 17.6 Å². The van der Waals surface area contributed by atoms with Crippen LogP contribution in [-0.2, 0) is 11.3 Å². The Morgan fingerprint density at radius 3 is 2.33 bits per heavy atom. The Labute approximate surface area is 178 Å². The Morgan fingerprint density at radius 1 is 0.933 bits per heavy atom. The number of urea groups is 1. The van der Waals surface area contributed by atoms with Crippen molar-refractivity contribution < 1.29 is 9.59 Å². The maximum Gasteiger partial charge on any atom is 0.319 e. The summed E-state index contributed by atoms with van der Waals surface area (Å²) < 4.78 is 0. The summed E-state index contributed by atoms with van der Waals surface area (Å²) in [6.07, 6.45) is 4.05. The Hall–Kier alpha value is -2.86. The molecule has 2 aromatic rings. The molecule has 3 amide bonds. The number of rotatable bonds is 7. The third kappa shape index (κ3) is 5.39. The number of nitrogens with zero attached hydrogens (tertiary/aromatic N) is 2. The Kier molecular flexibility index (Phi) is 6.64. The fourth-order valence-corrected chi connectivity index (χ4v) is 4.25. The van der Waals surface area contributed by atoms with E-state index in [-0.39, 0.29) is 18.0 Å². The van der Waals surface area contributed by atoms with Gasteiger partial charge in [-0.1, -0.05) is 42.5 Å². The van der Waals surface area contributed by atoms with Crippen LogP contribution in [0.15, 0.2) is 54.6 Å². The van der Waals surface area contributed by atoms with E-state index in [2.05, 4.69) is 27.7 Å². The molecule has 0 aliphatic carbocycles. The maximum absolute atomic E-state index is 12.7. The van der Waals surface area contributed by atoms with E-state index in [0.717, 1.165) is 49.4 Å². The molecule has 6 nitrogen and oxygen atoms in total. The predicted molar refractivity (Wildman–Crippen MR) is 118 cm³/mol. The SMILES string of the molecule is O=C(Nc1ccc(CN2CCCC2=O)cc1)NC(CN1CCCC1)c1ccccc1. The summed E-state index contributed by atoms with van der Waals surface area (Å²) in [5.41, 5.74) is 2.94. The zero-order valence-corrected chi connectivity index (χ0v) is 17.3. The second-order valence-electron chi connectivity index (χ2n) is 8.19. The van der Waals surface area contributed by atoms with E-state index < -0.39 is 0 Å². The van der Waals surface area contributed by atoms with Gasteiger partial charge in [-0.3, -0.25) is 4.79 Å². The van der Waals surface area contributed by atoms with Crippen LogP contribution in [0.25, 0.3) is 0 Å². The van der Waals surface area contributed by atoms with Crippen LogP contribution < -0.4 is 10.6 Å². The number of benzene rings is 2. The standard InChI is InChI=1S/C24H30N4O2/c29-23-9-6-16-28(23)17-19-10-12-21(13-11-19)25-24(30)26-22(18-27-14-4-5-15-27)20-7-2-1-3-8-20/h1-3,7-8,10-13,22H,4-6,9,14-18H2,(H2,25,26,30). The van der Waals surface area contributed by atoms with Crippen molar-refractivity contribution in [3.8, 4) is 0 Å². The molecule has 30 heavy (non-hydrogen) atoms. The van der Waals surface area contributed by atoms with Gasteiger partial charge in [0, 0.05) is 31.7 Å². The minimum Gasteiger partial charge on any atom is -0.338 e. The molecule has 2 aliphatic rings. The molecule has 0 spiro atoms. The first-order valence-electron chi connectivity index (χ1n) is 10.9. The highest BCUT2D eigenvalue weighted by molar-refractivity contribution is 5.89. The van der Waals surface area contributed by atoms with E-state index in [0.29, 0.717) is 13.0 Å². The van der Waals surface area contributed by atoms with E-state index in [1.54, 1.807) is 0 Å². The Balaban J connectivity index is 1.35. The first-order valence-corrected chi connectivity index (χ1v) is 10.9. The lowest BCUT2D eigenvalue weighted by atomic mass is 10.1. The van der Waals surface area contributed by atoms with Crippen LogP contribution in [0.3, 0.4) is 0 Å². The Morgan fingerprint density at radius 2 is 1.67 bits per heavy atom. The van der Waals surface area contributed by atoms with Crippen LogP contribution in [0.4, 0.5) is 10.5 Å². The van der Waals surface area contributed by atoms with Gasteiger partial charge in [0.25, 0.3) is 0 Å². The summed E-state index contributed by atoms with van der Waals surface area (Å²) >= 11 is 0. The van der Waals surface area contributed by atoms with Crippen LogP contribution in [0.2, 0.25) is 0 Å². The van der Waals surface area contributed by atoms with Crippen LogP contribution >= 0.6 is 0 Å². The van der Waals surface area contributed by atoms with Gasteiger partial charge in [0.05, 0.1) is 6.04 Å². The molecule has 1 unspecified atom stereocenters. The molecule has 0 saturated carbocycles. The molecular weight excluding hydrogens is 376 g/mol. The lowest BCUT2D eigenvalue weighted by Gasteiger charge is -2.25. The molecule has 2 fully saturated rings. The molecule has 2 aromatic carbocycles. The number of amides is 3. The molecule has 2 N–H and O–H groups in total. The molecule has 2 heterocycles. The lowest BCUT2D eigenvalue weighted by molar-refractivity contribution is -0.128. The number of carbonyl (C=O) groups is 2. The second kappa shape index (κ2) is 9.76. The van der Waals surface area contributed by atoms with Gasteiger partial charge >= 0.3 is 6.03 Å².